The average molecular weight is 200 g/mol. The van der Waals surface area contributed by atoms with Gasteiger partial charge in [0.25, 0.3) is 0 Å². The molecule has 0 aliphatic carbocycles. The third-order valence-electron chi connectivity index (χ3n) is 2.27. The highest BCUT2D eigenvalue weighted by molar-refractivity contribution is 5.76. The van der Waals surface area contributed by atoms with Gasteiger partial charge in [0.05, 0.1) is 0 Å². The molecule has 0 saturated heterocycles. The van der Waals surface area contributed by atoms with Crippen molar-refractivity contribution < 1.29 is 4.79 Å². The van der Waals surface area contributed by atoms with Gasteiger partial charge in [-0.1, -0.05) is 26.7 Å². The second-order valence-electron chi connectivity index (χ2n) is 3.63. The van der Waals surface area contributed by atoms with E-state index in [0.29, 0.717) is 13.0 Å². The van der Waals surface area contributed by atoms with Gasteiger partial charge in [0, 0.05) is 26.1 Å². The molecular formula is C11H24N2O. The first-order valence-corrected chi connectivity index (χ1v) is 5.74. The van der Waals surface area contributed by atoms with E-state index >= 15 is 0 Å². The van der Waals surface area contributed by atoms with E-state index in [1.807, 2.05) is 4.90 Å². The van der Waals surface area contributed by atoms with Crippen LogP contribution in [0.3, 0.4) is 0 Å². The van der Waals surface area contributed by atoms with E-state index in [-0.39, 0.29) is 5.91 Å². The maximum absolute atomic E-state index is 11.6. The van der Waals surface area contributed by atoms with Crippen molar-refractivity contribution in [1.29, 1.82) is 0 Å². The van der Waals surface area contributed by atoms with E-state index in [1.165, 1.54) is 0 Å². The third-order valence-corrected chi connectivity index (χ3v) is 2.27. The number of hydrogen-bond donors (Lipinski definition) is 1. The molecule has 0 fully saturated rings. The summed E-state index contributed by atoms with van der Waals surface area (Å²) < 4.78 is 0. The number of carbonyl (C=O) groups excluding carboxylic acids is 1. The van der Waals surface area contributed by atoms with Crippen LogP contribution in [0.4, 0.5) is 0 Å². The zero-order valence-electron chi connectivity index (χ0n) is 9.59. The largest absolute Gasteiger partial charge is 0.343 e. The van der Waals surface area contributed by atoms with Gasteiger partial charge in [-0.25, -0.2) is 0 Å². The Morgan fingerprint density at radius 3 is 2.00 bits per heavy atom. The number of nitrogens with zero attached hydrogens (tertiary/aromatic N) is 1. The first kappa shape index (κ1) is 13.4. The van der Waals surface area contributed by atoms with Crippen LogP contribution in [0.25, 0.3) is 0 Å². The number of carbonyl (C=O) groups is 1. The van der Waals surface area contributed by atoms with Gasteiger partial charge in [-0.15, -0.1) is 0 Å². The fourth-order valence-electron chi connectivity index (χ4n) is 1.34. The molecule has 0 bridgehead atoms. The SMILES string of the molecule is CCCCN(CCCC)C(=O)CCN. The fourth-order valence-corrected chi connectivity index (χ4v) is 1.34. The van der Waals surface area contributed by atoms with Crippen molar-refractivity contribution in [2.24, 2.45) is 5.73 Å². The summed E-state index contributed by atoms with van der Waals surface area (Å²) in [6.07, 6.45) is 4.96. The zero-order chi connectivity index (χ0) is 10.8. The van der Waals surface area contributed by atoms with Crippen LogP contribution in [0.1, 0.15) is 46.0 Å². The van der Waals surface area contributed by atoms with Gasteiger partial charge in [0.1, 0.15) is 0 Å². The molecule has 0 aromatic carbocycles. The van der Waals surface area contributed by atoms with Crippen LogP contribution in [0.15, 0.2) is 0 Å². The van der Waals surface area contributed by atoms with Crippen LogP contribution in [0.5, 0.6) is 0 Å². The lowest BCUT2D eigenvalue weighted by molar-refractivity contribution is -0.131. The standard InChI is InChI=1S/C11H24N2O/c1-3-5-9-13(10-6-4-2)11(14)7-8-12/h3-10,12H2,1-2H3. The van der Waals surface area contributed by atoms with Gasteiger partial charge in [0.15, 0.2) is 0 Å². The molecule has 14 heavy (non-hydrogen) atoms. The van der Waals surface area contributed by atoms with Crippen LogP contribution in [0.2, 0.25) is 0 Å². The highest BCUT2D eigenvalue weighted by Gasteiger charge is 2.10. The first-order valence-electron chi connectivity index (χ1n) is 5.74. The molecule has 0 aliphatic rings. The van der Waals surface area contributed by atoms with Crippen molar-refractivity contribution in [2.75, 3.05) is 19.6 Å². The molecular weight excluding hydrogens is 176 g/mol. The topological polar surface area (TPSA) is 46.3 Å². The molecule has 0 rings (SSSR count). The van der Waals surface area contributed by atoms with E-state index < -0.39 is 0 Å². The minimum atomic E-state index is 0.217. The minimum absolute atomic E-state index is 0.217. The summed E-state index contributed by atoms with van der Waals surface area (Å²) in [6, 6.07) is 0. The second-order valence-corrected chi connectivity index (χ2v) is 3.63. The molecule has 0 heterocycles. The highest BCUT2D eigenvalue weighted by Crippen LogP contribution is 2.01. The predicted octanol–water partition coefficient (Wildman–Crippen LogP) is 1.76. The lowest BCUT2D eigenvalue weighted by Crippen LogP contribution is -2.34. The number of nitrogens with two attached hydrogens (primary N) is 1. The van der Waals surface area contributed by atoms with Crippen molar-refractivity contribution in [3.63, 3.8) is 0 Å². The molecule has 0 saturated carbocycles. The van der Waals surface area contributed by atoms with Crippen molar-refractivity contribution in [2.45, 2.75) is 46.0 Å². The van der Waals surface area contributed by atoms with Gasteiger partial charge in [-0.2, -0.15) is 0 Å². The molecule has 3 heteroatoms. The summed E-state index contributed by atoms with van der Waals surface area (Å²) in [6.45, 7) is 6.55. The van der Waals surface area contributed by atoms with Crippen LogP contribution < -0.4 is 5.73 Å². The summed E-state index contributed by atoms with van der Waals surface area (Å²) in [5, 5.41) is 0. The number of amides is 1. The van der Waals surface area contributed by atoms with Crippen LogP contribution in [-0.4, -0.2) is 30.4 Å². The molecule has 0 radical (unpaired) electrons. The Bertz CT molecular complexity index is 140. The molecule has 1 amide bonds. The predicted molar refractivity (Wildman–Crippen MR) is 60.1 cm³/mol. The van der Waals surface area contributed by atoms with Crippen molar-refractivity contribution in [3.05, 3.63) is 0 Å². The van der Waals surface area contributed by atoms with Crippen molar-refractivity contribution in [1.82, 2.24) is 4.90 Å². The molecule has 3 nitrogen and oxygen atoms in total. The summed E-state index contributed by atoms with van der Waals surface area (Å²) in [5.74, 6) is 0.217. The van der Waals surface area contributed by atoms with Gasteiger partial charge in [-0.05, 0) is 12.8 Å². The van der Waals surface area contributed by atoms with Crippen LogP contribution in [0, 0.1) is 0 Å². The Labute approximate surface area is 87.6 Å². The minimum Gasteiger partial charge on any atom is -0.343 e. The number of hydrogen-bond acceptors (Lipinski definition) is 2. The molecule has 0 spiro atoms. The Morgan fingerprint density at radius 1 is 1.14 bits per heavy atom. The Kier molecular flexibility index (Phi) is 8.64. The Balaban J connectivity index is 3.88. The van der Waals surface area contributed by atoms with Crippen LogP contribution in [-0.2, 0) is 4.79 Å². The van der Waals surface area contributed by atoms with Gasteiger partial charge < -0.3 is 10.6 Å². The number of unbranched alkanes of at least 4 members (excludes halogenated alkanes) is 2. The smallest absolute Gasteiger partial charge is 0.223 e. The molecule has 2 N–H and O–H groups in total. The normalized spacial score (nSPS) is 10.2. The van der Waals surface area contributed by atoms with Crippen LogP contribution >= 0.6 is 0 Å². The first-order chi connectivity index (χ1) is 6.76. The van der Waals surface area contributed by atoms with Gasteiger partial charge in [0.2, 0.25) is 5.91 Å². The lowest BCUT2D eigenvalue weighted by Gasteiger charge is -2.22. The third kappa shape index (κ3) is 5.97. The molecule has 0 aromatic rings. The Morgan fingerprint density at radius 2 is 1.64 bits per heavy atom. The van der Waals surface area contributed by atoms with E-state index in [9.17, 15) is 4.79 Å². The number of rotatable bonds is 8. The molecule has 0 atom stereocenters. The van der Waals surface area contributed by atoms with E-state index in [2.05, 4.69) is 13.8 Å². The fraction of sp³-hybridized carbons (Fsp3) is 0.909. The Hall–Kier alpha value is -0.570. The summed E-state index contributed by atoms with van der Waals surface area (Å²) in [7, 11) is 0. The van der Waals surface area contributed by atoms with E-state index in [1.54, 1.807) is 0 Å². The summed E-state index contributed by atoms with van der Waals surface area (Å²) in [5.41, 5.74) is 5.38. The highest BCUT2D eigenvalue weighted by atomic mass is 16.2. The molecule has 0 aromatic heterocycles. The summed E-state index contributed by atoms with van der Waals surface area (Å²) >= 11 is 0. The van der Waals surface area contributed by atoms with Crippen molar-refractivity contribution in [3.8, 4) is 0 Å². The maximum Gasteiger partial charge on any atom is 0.223 e. The second kappa shape index (κ2) is 9.00. The van der Waals surface area contributed by atoms with E-state index in [4.69, 9.17) is 5.73 Å². The van der Waals surface area contributed by atoms with Crippen molar-refractivity contribution >= 4 is 5.91 Å². The zero-order valence-corrected chi connectivity index (χ0v) is 9.59. The van der Waals surface area contributed by atoms with Gasteiger partial charge >= 0.3 is 0 Å². The lowest BCUT2D eigenvalue weighted by atomic mass is 10.2. The molecule has 0 unspecified atom stereocenters. The van der Waals surface area contributed by atoms with E-state index in [0.717, 1.165) is 38.8 Å². The quantitative estimate of drug-likeness (QED) is 0.649. The molecule has 84 valence electrons. The average Bonchev–Trinajstić information content (AvgIpc) is 2.18. The molecule has 0 aliphatic heterocycles. The van der Waals surface area contributed by atoms with Gasteiger partial charge in [-0.3, -0.25) is 4.79 Å². The monoisotopic (exact) mass is 200 g/mol. The summed E-state index contributed by atoms with van der Waals surface area (Å²) in [4.78, 5) is 13.6. The maximum atomic E-state index is 11.6.